The number of rotatable bonds is 2. The molecule has 0 aliphatic heterocycles. The van der Waals surface area contributed by atoms with Crippen molar-refractivity contribution in [2.45, 2.75) is 25.7 Å². The zero-order valence-electron chi connectivity index (χ0n) is 8.11. The minimum atomic E-state index is -0.839. The lowest BCUT2D eigenvalue weighted by Gasteiger charge is -2.01. The van der Waals surface area contributed by atoms with Crippen molar-refractivity contribution in [1.82, 2.24) is 4.98 Å². The number of aromatic nitrogens is 1. The molecule has 0 spiro atoms. The third kappa shape index (κ3) is 1.85. The van der Waals surface area contributed by atoms with Crippen molar-refractivity contribution in [3.63, 3.8) is 0 Å². The first-order chi connectivity index (χ1) is 7.08. The van der Waals surface area contributed by atoms with Gasteiger partial charge >= 0.3 is 5.97 Å². The second-order valence-electron chi connectivity index (χ2n) is 3.44. The van der Waals surface area contributed by atoms with Crippen LogP contribution in [0, 0.1) is 0 Å². The molecule has 1 aromatic heterocycles. The van der Waals surface area contributed by atoms with E-state index in [9.17, 15) is 9.59 Å². The van der Waals surface area contributed by atoms with Crippen LogP contribution < -0.4 is 5.32 Å². The lowest BCUT2D eigenvalue weighted by molar-refractivity contribution is -0.138. The molecule has 2 N–H and O–H groups in total. The molecule has 15 heavy (non-hydrogen) atoms. The molecule has 0 saturated heterocycles. The van der Waals surface area contributed by atoms with E-state index >= 15 is 0 Å². The topological polar surface area (TPSA) is 79.3 Å². The fraction of sp³-hybridized carbons (Fsp3) is 0.444. The number of carboxylic acids is 1. The predicted molar refractivity (Wildman–Crippen MR) is 55.1 cm³/mol. The Morgan fingerprint density at radius 1 is 1.60 bits per heavy atom. The van der Waals surface area contributed by atoms with Crippen LogP contribution in [0.5, 0.6) is 0 Å². The van der Waals surface area contributed by atoms with Gasteiger partial charge in [0, 0.05) is 11.8 Å². The van der Waals surface area contributed by atoms with Gasteiger partial charge in [-0.05, 0) is 12.8 Å². The molecule has 0 radical (unpaired) electrons. The highest BCUT2D eigenvalue weighted by atomic mass is 32.1. The Kier molecular flexibility index (Phi) is 2.44. The molecule has 1 atom stereocenters. The van der Waals surface area contributed by atoms with E-state index in [1.165, 1.54) is 18.3 Å². The van der Waals surface area contributed by atoms with Gasteiger partial charge in [-0.15, -0.1) is 11.3 Å². The first-order valence-corrected chi connectivity index (χ1v) is 5.39. The van der Waals surface area contributed by atoms with E-state index < -0.39 is 11.9 Å². The normalized spacial score (nSPS) is 18.6. The van der Waals surface area contributed by atoms with Gasteiger partial charge in [0.25, 0.3) is 0 Å². The largest absolute Gasteiger partial charge is 0.481 e. The number of carbonyl (C=O) groups is 2. The Labute approximate surface area is 90.1 Å². The number of amides is 1. The fourth-order valence-corrected chi connectivity index (χ4v) is 2.76. The Morgan fingerprint density at radius 2 is 2.33 bits per heavy atom. The second-order valence-corrected chi connectivity index (χ2v) is 4.52. The van der Waals surface area contributed by atoms with Gasteiger partial charge in [0.15, 0.2) is 5.13 Å². The molecule has 1 heterocycles. The van der Waals surface area contributed by atoms with E-state index in [2.05, 4.69) is 10.3 Å². The van der Waals surface area contributed by atoms with Crippen LogP contribution in [0.3, 0.4) is 0 Å². The summed E-state index contributed by atoms with van der Waals surface area (Å²) >= 11 is 1.37. The molecule has 2 rings (SSSR count). The summed E-state index contributed by atoms with van der Waals surface area (Å²) in [6.45, 7) is 1.40. The maximum atomic E-state index is 10.9. The van der Waals surface area contributed by atoms with Crippen LogP contribution in [0.2, 0.25) is 0 Å². The van der Waals surface area contributed by atoms with Crippen LogP contribution in [-0.2, 0) is 16.0 Å². The number of nitrogens with one attached hydrogen (secondary N) is 1. The van der Waals surface area contributed by atoms with Gasteiger partial charge in [-0.3, -0.25) is 9.59 Å². The summed E-state index contributed by atoms with van der Waals surface area (Å²) in [5, 5.41) is 12.0. The zero-order valence-corrected chi connectivity index (χ0v) is 8.93. The molecule has 1 aliphatic rings. The Bertz CT molecular complexity index is 427. The molecule has 80 valence electrons. The van der Waals surface area contributed by atoms with Crippen molar-refractivity contribution in [3.8, 4) is 0 Å². The molecule has 1 aliphatic carbocycles. The summed E-state index contributed by atoms with van der Waals surface area (Å²) < 4.78 is 0. The second kappa shape index (κ2) is 3.62. The quantitative estimate of drug-likeness (QED) is 0.794. The molecule has 0 fully saturated rings. The molecule has 0 saturated carbocycles. The van der Waals surface area contributed by atoms with Crippen molar-refractivity contribution in [2.24, 2.45) is 0 Å². The predicted octanol–water partition coefficient (Wildman–Crippen LogP) is 1.22. The summed E-state index contributed by atoms with van der Waals surface area (Å²) in [6.07, 6.45) is 1.35. The van der Waals surface area contributed by atoms with Crippen LogP contribution >= 0.6 is 11.3 Å². The van der Waals surface area contributed by atoms with E-state index in [0.29, 0.717) is 17.2 Å². The van der Waals surface area contributed by atoms with Gasteiger partial charge in [0.1, 0.15) is 5.92 Å². The van der Waals surface area contributed by atoms with E-state index in [0.717, 1.165) is 11.3 Å². The Balaban J connectivity index is 2.26. The highest BCUT2D eigenvalue weighted by molar-refractivity contribution is 7.16. The zero-order chi connectivity index (χ0) is 11.0. The monoisotopic (exact) mass is 226 g/mol. The molecule has 1 aromatic rings. The summed E-state index contributed by atoms with van der Waals surface area (Å²) in [5.74, 6) is -1.53. The van der Waals surface area contributed by atoms with Crippen molar-refractivity contribution < 1.29 is 14.7 Å². The lowest BCUT2D eigenvalue weighted by atomic mass is 10.1. The van der Waals surface area contributed by atoms with E-state index in [1.54, 1.807) is 0 Å². The number of carboxylic acid groups (broad SMARTS) is 1. The average molecular weight is 226 g/mol. The minimum Gasteiger partial charge on any atom is -0.481 e. The van der Waals surface area contributed by atoms with Gasteiger partial charge in [0.2, 0.25) is 5.91 Å². The van der Waals surface area contributed by atoms with Crippen LogP contribution in [0.1, 0.15) is 29.8 Å². The number of aryl methyl sites for hydroxylation is 1. The standard InChI is InChI=1S/C9H10N2O3S/c1-4(12)10-9-11-7-5(8(13)14)2-3-6(7)15-9/h5H,2-3H2,1H3,(H,13,14)(H,10,11,12)/t5-/m0/s1. The van der Waals surface area contributed by atoms with Gasteiger partial charge in [-0.2, -0.15) is 0 Å². The summed E-state index contributed by atoms with van der Waals surface area (Å²) in [6, 6.07) is 0. The first kappa shape index (κ1) is 10.1. The summed E-state index contributed by atoms with van der Waals surface area (Å²) in [7, 11) is 0. The number of thiazole rings is 1. The number of hydrogen-bond donors (Lipinski definition) is 2. The van der Waals surface area contributed by atoms with E-state index in [1.807, 2.05) is 0 Å². The SMILES string of the molecule is CC(=O)Nc1nc2c(s1)CC[C@@H]2C(=O)O. The number of hydrogen-bond acceptors (Lipinski definition) is 4. The highest BCUT2D eigenvalue weighted by Crippen LogP contribution is 2.38. The summed E-state index contributed by atoms with van der Waals surface area (Å²) in [5.41, 5.74) is 0.622. The van der Waals surface area contributed by atoms with E-state index in [-0.39, 0.29) is 5.91 Å². The maximum Gasteiger partial charge on any atom is 0.312 e. The average Bonchev–Trinajstić information content (AvgIpc) is 2.60. The number of carbonyl (C=O) groups excluding carboxylic acids is 1. The number of nitrogens with zero attached hydrogens (tertiary/aromatic N) is 1. The molecule has 0 bridgehead atoms. The molecule has 0 aromatic carbocycles. The number of anilines is 1. The van der Waals surface area contributed by atoms with Crippen molar-refractivity contribution in [3.05, 3.63) is 10.6 Å². The van der Waals surface area contributed by atoms with Crippen LogP contribution in [-0.4, -0.2) is 22.0 Å². The minimum absolute atomic E-state index is 0.186. The Morgan fingerprint density at radius 3 is 2.93 bits per heavy atom. The van der Waals surface area contributed by atoms with Crippen LogP contribution in [0.4, 0.5) is 5.13 Å². The number of aliphatic carboxylic acids is 1. The van der Waals surface area contributed by atoms with Crippen LogP contribution in [0.25, 0.3) is 0 Å². The molecule has 5 nitrogen and oxygen atoms in total. The highest BCUT2D eigenvalue weighted by Gasteiger charge is 2.32. The maximum absolute atomic E-state index is 10.9. The van der Waals surface area contributed by atoms with Crippen LogP contribution in [0.15, 0.2) is 0 Å². The smallest absolute Gasteiger partial charge is 0.312 e. The Hall–Kier alpha value is -1.43. The third-order valence-electron chi connectivity index (χ3n) is 2.30. The summed E-state index contributed by atoms with van der Waals surface area (Å²) in [4.78, 5) is 26.8. The molecule has 6 heteroatoms. The third-order valence-corrected chi connectivity index (χ3v) is 3.35. The van der Waals surface area contributed by atoms with Crippen molar-refractivity contribution in [1.29, 1.82) is 0 Å². The van der Waals surface area contributed by atoms with E-state index in [4.69, 9.17) is 5.11 Å². The van der Waals surface area contributed by atoms with Gasteiger partial charge in [-0.1, -0.05) is 0 Å². The molecular weight excluding hydrogens is 216 g/mol. The van der Waals surface area contributed by atoms with Crippen molar-refractivity contribution in [2.75, 3.05) is 5.32 Å². The van der Waals surface area contributed by atoms with Gasteiger partial charge in [0.05, 0.1) is 5.69 Å². The van der Waals surface area contributed by atoms with Crippen molar-refractivity contribution >= 4 is 28.3 Å². The van der Waals surface area contributed by atoms with Gasteiger partial charge in [-0.25, -0.2) is 4.98 Å². The molecule has 0 unspecified atom stereocenters. The lowest BCUT2D eigenvalue weighted by Crippen LogP contribution is -2.10. The molecule has 1 amide bonds. The molecular formula is C9H10N2O3S. The van der Waals surface area contributed by atoms with Gasteiger partial charge < -0.3 is 10.4 Å². The number of fused-ring (bicyclic) bond motifs is 1. The fourth-order valence-electron chi connectivity index (χ4n) is 1.67. The first-order valence-electron chi connectivity index (χ1n) is 4.58.